The maximum atomic E-state index is 13.1. The van der Waals surface area contributed by atoms with Gasteiger partial charge in [-0.15, -0.1) is 11.8 Å². The molecule has 0 spiro atoms. The van der Waals surface area contributed by atoms with Crippen LogP contribution in [0.4, 0.5) is 9.18 Å². The average Bonchev–Trinajstić information content (AvgIpc) is 2.77. The summed E-state index contributed by atoms with van der Waals surface area (Å²) < 4.78 is 28.7. The quantitative estimate of drug-likeness (QED) is 0.515. The van der Waals surface area contributed by atoms with Gasteiger partial charge in [-0.25, -0.2) is 14.0 Å². The van der Waals surface area contributed by atoms with Gasteiger partial charge in [0, 0.05) is 16.3 Å². The molecule has 1 atom stereocenters. The number of carbonyl (C=O) groups is 2. The molecule has 1 heterocycles. The molecule has 1 aliphatic heterocycles. The second-order valence-corrected chi connectivity index (χ2v) is 7.32. The van der Waals surface area contributed by atoms with Crippen LogP contribution in [-0.2, 0) is 9.53 Å². The molecule has 0 saturated carbocycles. The third-order valence-electron chi connectivity index (χ3n) is 4.50. The summed E-state index contributed by atoms with van der Waals surface area (Å²) in [5.41, 5.74) is 1.32. The smallest absolute Gasteiger partial charge is 0.338 e. The first kappa shape index (κ1) is 21.5. The van der Waals surface area contributed by atoms with Crippen molar-refractivity contribution in [2.45, 2.75) is 10.9 Å². The van der Waals surface area contributed by atoms with E-state index >= 15 is 0 Å². The SMILES string of the molecule is COC(=O)C1=C(CSc2ccc(F)cc2)NC(=O)NC1c1ccc(OC)c(OC)c1. The number of methoxy groups -OCH3 is 3. The van der Waals surface area contributed by atoms with Gasteiger partial charge in [-0.1, -0.05) is 6.07 Å². The fourth-order valence-corrected chi connectivity index (χ4v) is 3.92. The lowest BCUT2D eigenvalue weighted by atomic mass is 9.95. The molecule has 0 fully saturated rings. The lowest BCUT2D eigenvalue weighted by Crippen LogP contribution is -2.46. The number of thioether (sulfide) groups is 1. The highest BCUT2D eigenvalue weighted by Crippen LogP contribution is 2.35. The number of hydrogen-bond donors (Lipinski definition) is 2. The van der Waals surface area contributed by atoms with Crippen LogP contribution in [0.3, 0.4) is 0 Å². The molecule has 0 aromatic heterocycles. The summed E-state index contributed by atoms with van der Waals surface area (Å²) in [5.74, 6) is 0.369. The van der Waals surface area contributed by atoms with Gasteiger partial charge < -0.3 is 24.8 Å². The van der Waals surface area contributed by atoms with Gasteiger partial charge in [-0.2, -0.15) is 0 Å². The molecule has 7 nitrogen and oxygen atoms in total. The number of ether oxygens (including phenoxy) is 3. The van der Waals surface area contributed by atoms with E-state index < -0.39 is 18.0 Å². The summed E-state index contributed by atoms with van der Waals surface area (Å²) in [5, 5.41) is 5.45. The number of esters is 1. The standard InChI is InChI=1S/C21H21FN2O5S/c1-27-16-9-4-12(10-17(16)28-2)19-18(20(25)29-3)15(23-21(26)24-19)11-30-14-7-5-13(22)6-8-14/h4-10,19H,11H2,1-3H3,(H2,23,24,26). The highest BCUT2D eigenvalue weighted by Gasteiger charge is 2.34. The first-order valence-corrected chi connectivity index (χ1v) is 9.94. The molecule has 158 valence electrons. The lowest BCUT2D eigenvalue weighted by molar-refractivity contribution is -0.136. The van der Waals surface area contributed by atoms with Gasteiger partial charge in [-0.05, 0) is 42.0 Å². The van der Waals surface area contributed by atoms with Gasteiger partial charge in [0.2, 0.25) is 0 Å². The highest BCUT2D eigenvalue weighted by atomic mass is 32.2. The van der Waals surface area contributed by atoms with Crippen LogP contribution in [-0.4, -0.2) is 39.1 Å². The van der Waals surface area contributed by atoms with Crippen LogP contribution in [0.5, 0.6) is 11.5 Å². The van der Waals surface area contributed by atoms with Gasteiger partial charge in [0.1, 0.15) is 5.82 Å². The number of halogens is 1. The Morgan fingerprint density at radius 3 is 2.40 bits per heavy atom. The van der Waals surface area contributed by atoms with E-state index in [1.165, 1.54) is 45.2 Å². The topological polar surface area (TPSA) is 85.9 Å². The second-order valence-electron chi connectivity index (χ2n) is 6.27. The van der Waals surface area contributed by atoms with E-state index in [1.807, 2.05) is 0 Å². The Balaban J connectivity index is 1.98. The summed E-state index contributed by atoms with van der Waals surface area (Å²) in [7, 11) is 4.31. The van der Waals surface area contributed by atoms with E-state index in [0.29, 0.717) is 22.8 Å². The zero-order valence-corrected chi connectivity index (χ0v) is 17.5. The largest absolute Gasteiger partial charge is 0.493 e. The summed E-state index contributed by atoms with van der Waals surface area (Å²) >= 11 is 1.36. The van der Waals surface area contributed by atoms with Crippen molar-refractivity contribution in [2.24, 2.45) is 0 Å². The van der Waals surface area contributed by atoms with Crippen LogP contribution in [0, 0.1) is 5.82 Å². The molecule has 1 unspecified atom stereocenters. The Hall–Kier alpha value is -3.20. The molecule has 0 saturated heterocycles. The number of hydrogen-bond acceptors (Lipinski definition) is 6. The molecule has 30 heavy (non-hydrogen) atoms. The Bertz CT molecular complexity index is 978. The maximum Gasteiger partial charge on any atom is 0.338 e. The molecule has 9 heteroatoms. The number of benzene rings is 2. The first-order chi connectivity index (χ1) is 14.5. The fourth-order valence-electron chi connectivity index (χ4n) is 3.05. The lowest BCUT2D eigenvalue weighted by Gasteiger charge is -2.29. The van der Waals surface area contributed by atoms with Crippen molar-refractivity contribution in [3.8, 4) is 11.5 Å². The fraction of sp³-hybridized carbons (Fsp3) is 0.238. The Morgan fingerprint density at radius 1 is 1.07 bits per heavy atom. The van der Waals surface area contributed by atoms with Crippen LogP contribution in [0.15, 0.2) is 58.6 Å². The van der Waals surface area contributed by atoms with Gasteiger partial charge in [0.15, 0.2) is 11.5 Å². The minimum atomic E-state index is -0.741. The number of amides is 2. The Labute approximate surface area is 177 Å². The first-order valence-electron chi connectivity index (χ1n) is 8.96. The van der Waals surface area contributed by atoms with E-state index in [9.17, 15) is 14.0 Å². The van der Waals surface area contributed by atoms with Crippen molar-refractivity contribution in [2.75, 3.05) is 27.1 Å². The monoisotopic (exact) mass is 432 g/mol. The van der Waals surface area contributed by atoms with Gasteiger partial charge in [0.25, 0.3) is 0 Å². The number of nitrogens with one attached hydrogen (secondary N) is 2. The molecule has 2 N–H and O–H groups in total. The van der Waals surface area contributed by atoms with Crippen LogP contribution in [0.2, 0.25) is 0 Å². The predicted octanol–water partition coefficient (Wildman–Crippen LogP) is 3.42. The van der Waals surface area contributed by atoms with E-state index in [0.717, 1.165) is 4.90 Å². The minimum absolute atomic E-state index is 0.277. The zero-order chi connectivity index (χ0) is 21.7. The van der Waals surface area contributed by atoms with Crippen LogP contribution in [0.1, 0.15) is 11.6 Å². The molecule has 3 rings (SSSR count). The summed E-state index contributed by atoms with van der Waals surface area (Å²) in [6.07, 6.45) is 0. The molecular formula is C21H21FN2O5S. The summed E-state index contributed by atoms with van der Waals surface area (Å²) in [4.78, 5) is 25.7. The van der Waals surface area contributed by atoms with Gasteiger partial charge in [-0.3, -0.25) is 0 Å². The minimum Gasteiger partial charge on any atom is -0.493 e. The van der Waals surface area contributed by atoms with Crippen molar-refractivity contribution < 1.29 is 28.2 Å². The molecule has 0 radical (unpaired) electrons. The molecule has 2 aromatic carbocycles. The second kappa shape index (κ2) is 9.53. The van der Waals surface area contributed by atoms with E-state index in [2.05, 4.69) is 10.6 Å². The van der Waals surface area contributed by atoms with Crippen molar-refractivity contribution in [3.63, 3.8) is 0 Å². The van der Waals surface area contributed by atoms with Crippen molar-refractivity contribution >= 4 is 23.8 Å². The Morgan fingerprint density at radius 2 is 1.77 bits per heavy atom. The molecule has 0 bridgehead atoms. The molecule has 2 aromatic rings. The summed E-state index contributed by atoms with van der Waals surface area (Å²) in [6.45, 7) is 0. The number of rotatable bonds is 7. The number of carbonyl (C=O) groups excluding carboxylic acids is 2. The van der Waals surface area contributed by atoms with E-state index in [1.54, 1.807) is 30.3 Å². The van der Waals surface area contributed by atoms with Crippen LogP contribution >= 0.6 is 11.8 Å². The van der Waals surface area contributed by atoms with Gasteiger partial charge >= 0.3 is 12.0 Å². The molecule has 0 aliphatic carbocycles. The van der Waals surface area contributed by atoms with Crippen LogP contribution < -0.4 is 20.1 Å². The number of urea groups is 1. The normalized spacial score (nSPS) is 15.9. The third-order valence-corrected chi connectivity index (χ3v) is 5.54. The van der Waals surface area contributed by atoms with Gasteiger partial charge in [0.05, 0.1) is 32.9 Å². The zero-order valence-electron chi connectivity index (χ0n) is 16.7. The molecular weight excluding hydrogens is 411 g/mol. The Kier molecular flexibility index (Phi) is 6.83. The van der Waals surface area contributed by atoms with E-state index in [4.69, 9.17) is 14.2 Å². The van der Waals surface area contributed by atoms with Crippen molar-refractivity contribution in [1.29, 1.82) is 0 Å². The third kappa shape index (κ3) is 4.68. The van der Waals surface area contributed by atoms with E-state index in [-0.39, 0.29) is 17.1 Å². The maximum absolute atomic E-state index is 13.1. The highest BCUT2D eigenvalue weighted by molar-refractivity contribution is 7.99. The van der Waals surface area contributed by atoms with Crippen molar-refractivity contribution in [3.05, 3.63) is 65.1 Å². The van der Waals surface area contributed by atoms with Crippen LogP contribution in [0.25, 0.3) is 0 Å². The molecule has 1 aliphatic rings. The van der Waals surface area contributed by atoms with Crippen molar-refractivity contribution in [1.82, 2.24) is 10.6 Å². The predicted molar refractivity (Wildman–Crippen MR) is 110 cm³/mol. The average molecular weight is 432 g/mol. The summed E-state index contributed by atoms with van der Waals surface area (Å²) in [6, 6.07) is 9.92. The molecule has 2 amide bonds.